The Morgan fingerprint density at radius 2 is 2.00 bits per heavy atom. The highest BCUT2D eigenvalue weighted by Crippen LogP contribution is 2.35. The van der Waals surface area contributed by atoms with Crippen LogP contribution >= 0.6 is 0 Å². The lowest BCUT2D eigenvalue weighted by molar-refractivity contribution is -0.138. The Balaban J connectivity index is 3.18. The maximum absolute atomic E-state index is 11.0. The maximum atomic E-state index is 11.0. The van der Waals surface area contributed by atoms with Crippen LogP contribution in [0.15, 0.2) is 18.2 Å². The molecule has 19 heavy (non-hydrogen) atoms. The van der Waals surface area contributed by atoms with Gasteiger partial charge in [0.1, 0.15) is 5.75 Å². The molecule has 0 saturated heterocycles. The van der Waals surface area contributed by atoms with Crippen molar-refractivity contribution >= 4 is 5.97 Å². The number of carboxylic acid groups (broad SMARTS) is 1. The third-order valence-corrected chi connectivity index (χ3v) is 3.08. The second kappa shape index (κ2) is 6.06. The summed E-state index contributed by atoms with van der Waals surface area (Å²) in [7, 11) is 5.62. The minimum Gasteiger partial charge on any atom is -0.496 e. The van der Waals surface area contributed by atoms with Gasteiger partial charge in [0.25, 0.3) is 0 Å². The van der Waals surface area contributed by atoms with Crippen LogP contribution in [0.2, 0.25) is 0 Å². The fourth-order valence-electron chi connectivity index (χ4n) is 2.22. The van der Waals surface area contributed by atoms with Gasteiger partial charge in [0.2, 0.25) is 0 Å². The average molecular weight is 265 g/mol. The van der Waals surface area contributed by atoms with E-state index in [1.807, 2.05) is 46.1 Å². The molecule has 0 spiro atoms. The summed E-state index contributed by atoms with van der Waals surface area (Å²) in [6.45, 7) is 4.68. The minimum absolute atomic E-state index is 0.0782. The summed E-state index contributed by atoms with van der Waals surface area (Å²) < 4.78 is 5.37. The molecule has 0 fully saturated rings. The third-order valence-electron chi connectivity index (χ3n) is 3.08. The first-order valence-corrected chi connectivity index (χ1v) is 6.30. The van der Waals surface area contributed by atoms with E-state index in [1.54, 1.807) is 7.11 Å². The number of ether oxygens (including phenoxy) is 1. The van der Waals surface area contributed by atoms with E-state index in [0.717, 1.165) is 23.4 Å². The number of rotatable bonds is 6. The van der Waals surface area contributed by atoms with E-state index in [0.29, 0.717) is 0 Å². The van der Waals surface area contributed by atoms with Crippen molar-refractivity contribution < 1.29 is 14.6 Å². The summed E-state index contributed by atoms with van der Waals surface area (Å²) in [6.07, 6.45) is 0.0782. The Labute approximate surface area is 115 Å². The average Bonchev–Trinajstić information content (AvgIpc) is 2.26. The molecule has 4 nitrogen and oxygen atoms in total. The van der Waals surface area contributed by atoms with Crippen LogP contribution in [0, 0.1) is 0 Å². The van der Waals surface area contributed by atoms with Gasteiger partial charge >= 0.3 is 5.97 Å². The Morgan fingerprint density at radius 3 is 2.47 bits per heavy atom. The number of aliphatic carboxylic acids is 1. The smallest absolute Gasteiger partial charge is 0.304 e. The van der Waals surface area contributed by atoms with Crippen molar-refractivity contribution in [3.63, 3.8) is 0 Å². The molecule has 0 atom stereocenters. The quantitative estimate of drug-likeness (QED) is 0.858. The third kappa shape index (κ3) is 4.24. The Kier molecular flexibility index (Phi) is 4.95. The van der Waals surface area contributed by atoms with Gasteiger partial charge in [-0.05, 0) is 25.7 Å². The molecule has 4 heteroatoms. The lowest BCUT2D eigenvalue weighted by atomic mass is 9.80. The number of carbonyl (C=O) groups is 1. The molecule has 106 valence electrons. The number of benzene rings is 1. The molecule has 0 heterocycles. The van der Waals surface area contributed by atoms with Crippen molar-refractivity contribution in [2.75, 3.05) is 21.2 Å². The van der Waals surface area contributed by atoms with Crippen LogP contribution < -0.4 is 4.74 Å². The molecule has 0 aliphatic carbocycles. The first-order valence-electron chi connectivity index (χ1n) is 6.30. The van der Waals surface area contributed by atoms with Crippen LogP contribution in [-0.4, -0.2) is 37.2 Å². The van der Waals surface area contributed by atoms with Gasteiger partial charge in [-0.15, -0.1) is 0 Å². The Hall–Kier alpha value is -1.55. The van der Waals surface area contributed by atoms with Crippen molar-refractivity contribution in [3.05, 3.63) is 29.3 Å². The zero-order chi connectivity index (χ0) is 14.6. The van der Waals surface area contributed by atoms with Crippen LogP contribution in [0.4, 0.5) is 0 Å². The first kappa shape index (κ1) is 15.5. The number of methoxy groups -OCH3 is 1. The zero-order valence-electron chi connectivity index (χ0n) is 12.4. The van der Waals surface area contributed by atoms with Crippen molar-refractivity contribution in [2.45, 2.75) is 32.2 Å². The first-order chi connectivity index (χ1) is 8.76. The second-order valence-electron chi connectivity index (χ2n) is 5.73. The molecule has 1 N–H and O–H groups in total. The van der Waals surface area contributed by atoms with Gasteiger partial charge in [-0.1, -0.05) is 26.0 Å². The standard InChI is InChI=1S/C15H23NO3/c1-15(2,9-14(17)18)12-8-11(10-16(3)4)6-7-13(12)19-5/h6-8H,9-10H2,1-5H3,(H,17,18). The van der Waals surface area contributed by atoms with E-state index in [9.17, 15) is 4.79 Å². The molecule has 0 saturated carbocycles. The topological polar surface area (TPSA) is 49.8 Å². The fraction of sp³-hybridized carbons (Fsp3) is 0.533. The summed E-state index contributed by atoms with van der Waals surface area (Å²) in [5, 5.41) is 9.04. The van der Waals surface area contributed by atoms with Crippen LogP contribution in [0.25, 0.3) is 0 Å². The number of hydrogen-bond donors (Lipinski definition) is 1. The van der Waals surface area contributed by atoms with Crippen LogP contribution in [-0.2, 0) is 16.8 Å². The summed E-state index contributed by atoms with van der Waals surface area (Å²) >= 11 is 0. The molecule has 0 radical (unpaired) electrons. The minimum atomic E-state index is -0.801. The molecule has 1 rings (SSSR count). The van der Waals surface area contributed by atoms with Crippen molar-refractivity contribution in [2.24, 2.45) is 0 Å². The van der Waals surface area contributed by atoms with Crippen molar-refractivity contribution in [3.8, 4) is 5.75 Å². The predicted molar refractivity (Wildman–Crippen MR) is 75.7 cm³/mol. The van der Waals surface area contributed by atoms with E-state index in [2.05, 4.69) is 4.90 Å². The summed E-state index contributed by atoms with van der Waals surface area (Å²) in [6, 6.07) is 5.97. The van der Waals surface area contributed by atoms with Crippen LogP contribution in [0.3, 0.4) is 0 Å². The van der Waals surface area contributed by atoms with Crippen molar-refractivity contribution in [1.29, 1.82) is 0 Å². The van der Waals surface area contributed by atoms with Gasteiger partial charge in [0.15, 0.2) is 0 Å². The van der Waals surface area contributed by atoms with E-state index in [4.69, 9.17) is 9.84 Å². The Morgan fingerprint density at radius 1 is 1.37 bits per heavy atom. The monoisotopic (exact) mass is 265 g/mol. The molecular formula is C15H23NO3. The molecule has 1 aromatic carbocycles. The molecular weight excluding hydrogens is 242 g/mol. The van der Waals surface area contributed by atoms with Gasteiger partial charge in [-0.2, -0.15) is 0 Å². The molecule has 0 aliphatic rings. The highest BCUT2D eigenvalue weighted by molar-refractivity contribution is 5.69. The molecule has 0 aliphatic heterocycles. The number of nitrogens with zero attached hydrogens (tertiary/aromatic N) is 1. The predicted octanol–water partition coefficient (Wildman–Crippen LogP) is 2.51. The highest BCUT2D eigenvalue weighted by atomic mass is 16.5. The summed E-state index contributed by atoms with van der Waals surface area (Å²) in [5.74, 6) is -0.0566. The lowest BCUT2D eigenvalue weighted by Gasteiger charge is -2.26. The lowest BCUT2D eigenvalue weighted by Crippen LogP contribution is -2.23. The molecule has 0 amide bonds. The summed E-state index contributed by atoms with van der Waals surface area (Å²) in [4.78, 5) is 13.1. The van der Waals surface area contributed by atoms with Gasteiger partial charge in [-0.25, -0.2) is 0 Å². The zero-order valence-corrected chi connectivity index (χ0v) is 12.4. The molecule has 0 aromatic heterocycles. The Bertz CT molecular complexity index is 453. The maximum Gasteiger partial charge on any atom is 0.304 e. The molecule has 1 aromatic rings. The van der Waals surface area contributed by atoms with E-state index >= 15 is 0 Å². The van der Waals surface area contributed by atoms with E-state index in [1.165, 1.54) is 0 Å². The molecule has 0 bridgehead atoms. The normalized spacial score (nSPS) is 11.7. The summed E-state index contributed by atoms with van der Waals surface area (Å²) in [5.41, 5.74) is 1.63. The number of hydrogen-bond acceptors (Lipinski definition) is 3. The highest BCUT2D eigenvalue weighted by Gasteiger charge is 2.27. The number of carboxylic acids is 1. The van der Waals surface area contributed by atoms with E-state index in [-0.39, 0.29) is 6.42 Å². The molecule has 0 unspecified atom stereocenters. The van der Waals surface area contributed by atoms with Crippen molar-refractivity contribution in [1.82, 2.24) is 4.90 Å². The second-order valence-corrected chi connectivity index (χ2v) is 5.73. The van der Waals surface area contributed by atoms with Gasteiger partial charge in [0.05, 0.1) is 13.5 Å². The van der Waals surface area contributed by atoms with Crippen LogP contribution in [0.5, 0.6) is 5.75 Å². The largest absolute Gasteiger partial charge is 0.496 e. The van der Waals surface area contributed by atoms with Gasteiger partial charge in [0, 0.05) is 17.5 Å². The van der Waals surface area contributed by atoms with Gasteiger partial charge < -0.3 is 14.7 Å². The van der Waals surface area contributed by atoms with Crippen LogP contribution in [0.1, 0.15) is 31.4 Å². The van der Waals surface area contributed by atoms with E-state index < -0.39 is 11.4 Å². The SMILES string of the molecule is COc1ccc(CN(C)C)cc1C(C)(C)CC(=O)O. The van der Waals surface area contributed by atoms with Gasteiger partial charge in [-0.3, -0.25) is 4.79 Å². The fourth-order valence-corrected chi connectivity index (χ4v) is 2.22.